The van der Waals surface area contributed by atoms with Crippen LogP contribution < -0.4 is 0 Å². The number of hydrogen-bond acceptors (Lipinski definition) is 8. The average Bonchev–Trinajstić information content (AvgIpc) is 3.04. The Bertz CT molecular complexity index is 1610. The van der Waals surface area contributed by atoms with E-state index < -0.39 is 0 Å². The van der Waals surface area contributed by atoms with Gasteiger partial charge in [-0.3, -0.25) is 20.0 Å². The van der Waals surface area contributed by atoms with Crippen molar-refractivity contribution in [1.82, 2.24) is 0 Å². The van der Waals surface area contributed by atoms with E-state index in [1.54, 1.807) is 73.4 Å². The standard InChI is InChI=1S/2C19H20Br2N2O2/c2*1-19(2,11-22-9-13-7-15(20)3-5-17(13)24)12-23-10-14-8-16(21)4-6-18(14)25/h2*3-10,24-25H,11-12H2,1-2H3. The van der Waals surface area contributed by atoms with E-state index in [1.165, 1.54) is 0 Å². The summed E-state index contributed by atoms with van der Waals surface area (Å²) in [5, 5.41) is 39.3. The predicted molar refractivity (Wildman–Crippen MR) is 221 cm³/mol. The highest BCUT2D eigenvalue weighted by Gasteiger charge is 2.17. The van der Waals surface area contributed by atoms with E-state index in [9.17, 15) is 20.4 Å². The number of phenols is 4. The Morgan fingerprint density at radius 1 is 0.420 bits per heavy atom. The van der Waals surface area contributed by atoms with Crippen LogP contribution in [0.25, 0.3) is 0 Å². The summed E-state index contributed by atoms with van der Waals surface area (Å²) in [4.78, 5) is 17.7. The summed E-state index contributed by atoms with van der Waals surface area (Å²) in [6, 6.07) is 20.9. The van der Waals surface area contributed by atoms with Gasteiger partial charge in [0.05, 0.1) is 0 Å². The van der Waals surface area contributed by atoms with Crippen LogP contribution in [0.2, 0.25) is 0 Å². The molecule has 0 aliphatic rings. The second kappa shape index (κ2) is 19.3. The summed E-state index contributed by atoms with van der Waals surface area (Å²) < 4.78 is 3.57. The molecule has 0 spiro atoms. The van der Waals surface area contributed by atoms with Crippen LogP contribution in [0.5, 0.6) is 23.0 Å². The molecule has 4 rings (SSSR count). The molecular weight excluding hydrogens is 896 g/mol. The lowest BCUT2D eigenvalue weighted by molar-refractivity contribution is 0.396. The number of nitrogens with zero attached hydrogens (tertiary/aromatic N) is 4. The molecule has 0 radical (unpaired) electrons. The maximum Gasteiger partial charge on any atom is 0.124 e. The first kappa shape index (κ1) is 41.1. The molecule has 8 nitrogen and oxygen atoms in total. The normalized spacial score (nSPS) is 12.3. The van der Waals surface area contributed by atoms with Gasteiger partial charge in [-0.1, -0.05) is 91.4 Å². The monoisotopic (exact) mass is 932 g/mol. The van der Waals surface area contributed by atoms with Gasteiger partial charge in [-0.2, -0.15) is 0 Å². The van der Waals surface area contributed by atoms with Crippen molar-refractivity contribution in [3.63, 3.8) is 0 Å². The fraction of sp³-hybridized carbons (Fsp3) is 0.263. The third-order valence-corrected chi connectivity index (χ3v) is 8.93. The van der Waals surface area contributed by atoms with E-state index >= 15 is 0 Å². The molecule has 0 unspecified atom stereocenters. The molecule has 0 amide bonds. The second-order valence-electron chi connectivity index (χ2n) is 13.0. The SMILES string of the molecule is CC(C)(CN=Cc1cc(Br)ccc1O)CN=Cc1cc(Br)ccc1O.CC(C)(CN=Cc1cc(Br)ccc1O)CN=Cc1cc(Br)ccc1O. The molecule has 0 heterocycles. The number of aliphatic imine (C=N–C) groups is 4. The molecule has 4 N–H and O–H groups in total. The summed E-state index contributed by atoms with van der Waals surface area (Å²) >= 11 is 13.5. The predicted octanol–water partition coefficient (Wildman–Crippen LogP) is 10.4. The molecule has 0 atom stereocenters. The number of halogens is 4. The van der Waals surface area contributed by atoms with Crippen molar-refractivity contribution in [1.29, 1.82) is 0 Å². The molecule has 0 bridgehead atoms. The quantitative estimate of drug-likeness (QED) is 0.105. The van der Waals surface area contributed by atoms with Crippen molar-refractivity contribution < 1.29 is 20.4 Å². The largest absolute Gasteiger partial charge is 0.507 e. The summed E-state index contributed by atoms with van der Waals surface area (Å²) in [5.41, 5.74) is 2.41. The molecule has 50 heavy (non-hydrogen) atoms. The first-order chi connectivity index (χ1) is 23.5. The molecule has 264 valence electrons. The average molecular weight is 936 g/mol. The van der Waals surface area contributed by atoms with E-state index in [0.29, 0.717) is 48.4 Å². The summed E-state index contributed by atoms with van der Waals surface area (Å²) in [5.74, 6) is 0.807. The van der Waals surface area contributed by atoms with Crippen molar-refractivity contribution >= 4 is 88.6 Å². The topological polar surface area (TPSA) is 130 Å². The number of rotatable bonds is 12. The lowest BCUT2D eigenvalue weighted by Crippen LogP contribution is -2.19. The van der Waals surface area contributed by atoms with Crippen molar-refractivity contribution in [3.05, 3.63) is 113 Å². The highest BCUT2D eigenvalue weighted by atomic mass is 79.9. The van der Waals surface area contributed by atoms with Crippen LogP contribution in [0.1, 0.15) is 49.9 Å². The van der Waals surface area contributed by atoms with E-state index in [-0.39, 0.29) is 33.8 Å². The smallest absolute Gasteiger partial charge is 0.124 e. The molecular formula is C38H40Br4N4O4. The number of phenolic OH excluding ortho intramolecular Hbond substituents is 4. The third kappa shape index (κ3) is 14.5. The van der Waals surface area contributed by atoms with E-state index in [2.05, 4.69) is 111 Å². The van der Waals surface area contributed by atoms with Gasteiger partial charge >= 0.3 is 0 Å². The molecule has 0 aromatic heterocycles. The summed E-state index contributed by atoms with van der Waals surface area (Å²) in [7, 11) is 0. The molecule has 0 aliphatic carbocycles. The maximum atomic E-state index is 9.82. The Hall–Kier alpha value is -3.32. The molecule has 0 aliphatic heterocycles. The van der Waals surface area contributed by atoms with Crippen LogP contribution in [0.15, 0.2) is 111 Å². The maximum absolute atomic E-state index is 9.82. The van der Waals surface area contributed by atoms with Crippen LogP contribution in [0, 0.1) is 10.8 Å². The first-order valence-electron chi connectivity index (χ1n) is 15.5. The van der Waals surface area contributed by atoms with Gasteiger partial charge in [0.2, 0.25) is 0 Å². The zero-order valence-corrected chi connectivity index (χ0v) is 34.5. The highest BCUT2D eigenvalue weighted by molar-refractivity contribution is 9.11. The van der Waals surface area contributed by atoms with E-state index in [4.69, 9.17) is 0 Å². The van der Waals surface area contributed by atoms with E-state index in [1.807, 2.05) is 24.3 Å². The van der Waals surface area contributed by atoms with Crippen molar-refractivity contribution in [2.75, 3.05) is 26.2 Å². The van der Waals surface area contributed by atoms with Gasteiger partial charge < -0.3 is 20.4 Å². The first-order valence-corrected chi connectivity index (χ1v) is 18.6. The van der Waals surface area contributed by atoms with Gasteiger partial charge in [-0.05, 0) is 72.8 Å². The molecule has 4 aromatic carbocycles. The van der Waals surface area contributed by atoms with Crippen LogP contribution in [-0.4, -0.2) is 71.5 Å². The van der Waals surface area contributed by atoms with Gasteiger partial charge in [0.15, 0.2) is 0 Å². The molecule has 0 saturated carbocycles. The fourth-order valence-electron chi connectivity index (χ4n) is 4.18. The van der Waals surface area contributed by atoms with Crippen LogP contribution in [0.4, 0.5) is 0 Å². The van der Waals surface area contributed by atoms with Crippen LogP contribution in [0.3, 0.4) is 0 Å². The Kier molecular flexibility index (Phi) is 15.9. The second-order valence-corrected chi connectivity index (χ2v) is 16.7. The lowest BCUT2D eigenvalue weighted by Gasteiger charge is -2.19. The summed E-state index contributed by atoms with van der Waals surface area (Å²) in [6.07, 6.45) is 6.69. The Labute approximate surface area is 327 Å². The molecule has 0 fully saturated rings. The number of benzene rings is 4. The molecule has 0 saturated heterocycles. The highest BCUT2D eigenvalue weighted by Crippen LogP contribution is 2.25. The molecule has 12 heteroatoms. The van der Waals surface area contributed by atoms with Crippen LogP contribution in [-0.2, 0) is 0 Å². The van der Waals surface area contributed by atoms with Crippen molar-refractivity contribution in [3.8, 4) is 23.0 Å². The van der Waals surface area contributed by atoms with Crippen LogP contribution >= 0.6 is 63.7 Å². The minimum atomic E-state index is -0.143. The van der Waals surface area contributed by atoms with E-state index in [0.717, 1.165) is 17.9 Å². The van der Waals surface area contributed by atoms with Gasteiger partial charge in [-0.25, -0.2) is 0 Å². The lowest BCUT2D eigenvalue weighted by atomic mass is 9.94. The Morgan fingerprint density at radius 2 is 0.620 bits per heavy atom. The third-order valence-electron chi connectivity index (χ3n) is 6.96. The summed E-state index contributed by atoms with van der Waals surface area (Å²) in [6.45, 7) is 10.6. The Balaban J connectivity index is 0.000000270. The fourth-order valence-corrected chi connectivity index (χ4v) is 5.69. The van der Waals surface area contributed by atoms with Gasteiger partial charge in [0, 0.05) is 102 Å². The minimum Gasteiger partial charge on any atom is -0.507 e. The molecule has 4 aromatic rings. The van der Waals surface area contributed by atoms with Gasteiger partial charge in [0.25, 0.3) is 0 Å². The zero-order chi connectivity index (χ0) is 36.9. The van der Waals surface area contributed by atoms with Gasteiger partial charge in [-0.15, -0.1) is 0 Å². The van der Waals surface area contributed by atoms with Gasteiger partial charge in [0.1, 0.15) is 23.0 Å². The number of aromatic hydroxyl groups is 4. The Morgan fingerprint density at radius 3 is 0.820 bits per heavy atom. The van der Waals surface area contributed by atoms with Crippen molar-refractivity contribution in [2.24, 2.45) is 30.8 Å². The number of hydrogen-bond donors (Lipinski definition) is 4. The minimum absolute atomic E-state index is 0.143. The van der Waals surface area contributed by atoms with Crippen molar-refractivity contribution in [2.45, 2.75) is 27.7 Å². The zero-order valence-electron chi connectivity index (χ0n) is 28.2.